The Labute approximate surface area is 128 Å². The smallest absolute Gasteiger partial charge is 0.134 e. The second-order valence-corrected chi connectivity index (χ2v) is 6.16. The molecule has 1 fully saturated rings. The van der Waals surface area contributed by atoms with Gasteiger partial charge in [0.25, 0.3) is 0 Å². The molecule has 1 heterocycles. The Bertz CT molecular complexity index is 660. The van der Waals surface area contributed by atoms with Gasteiger partial charge in [-0.15, -0.1) is 0 Å². The summed E-state index contributed by atoms with van der Waals surface area (Å²) < 4.78 is 16.0. The van der Waals surface area contributed by atoms with Gasteiger partial charge >= 0.3 is 0 Å². The van der Waals surface area contributed by atoms with E-state index in [1.54, 1.807) is 12.1 Å². The lowest BCUT2D eigenvalue weighted by molar-refractivity contribution is 0.422. The fourth-order valence-electron chi connectivity index (χ4n) is 3.13. The monoisotopic (exact) mass is 307 g/mol. The van der Waals surface area contributed by atoms with Crippen LogP contribution in [0.5, 0.6) is 0 Å². The Morgan fingerprint density at radius 2 is 2.00 bits per heavy atom. The van der Waals surface area contributed by atoms with Crippen LogP contribution in [-0.4, -0.2) is 9.55 Å². The largest absolute Gasteiger partial charge is 0.383 e. The van der Waals surface area contributed by atoms with E-state index in [0.29, 0.717) is 28.0 Å². The lowest BCUT2D eigenvalue weighted by Gasteiger charge is -2.21. The van der Waals surface area contributed by atoms with Crippen LogP contribution in [0.4, 0.5) is 10.2 Å². The van der Waals surface area contributed by atoms with Crippen molar-refractivity contribution >= 4 is 17.4 Å². The first kappa shape index (κ1) is 14.4. The molecule has 3 nitrogen and oxygen atoms in total. The van der Waals surface area contributed by atoms with Crippen molar-refractivity contribution in [2.75, 3.05) is 5.73 Å². The van der Waals surface area contributed by atoms with Crippen LogP contribution in [0.1, 0.15) is 43.8 Å². The summed E-state index contributed by atoms with van der Waals surface area (Å²) >= 11 is 5.81. The number of nitrogens with zero attached hydrogens (tertiary/aromatic N) is 2. The summed E-state index contributed by atoms with van der Waals surface area (Å²) in [5.41, 5.74) is 7.08. The van der Waals surface area contributed by atoms with Crippen LogP contribution in [0.25, 0.3) is 11.3 Å². The van der Waals surface area contributed by atoms with Gasteiger partial charge in [-0.25, -0.2) is 9.37 Å². The Kier molecular flexibility index (Phi) is 3.89. The van der Waals surface area contributed by atoms with E-state index in [1.165, 1.54) is 25.3 Å². The van der Waals surface area contributed by atoms with Crippen molar-refractivity contribution < 1.29 is 4.39 Å². The standard InChI is InChI=1S/C16H19ClFN3/c1-21-15(19)14(12-8-7-11(17)9-13(12)18)20-16(21)10-5-3-2-4-6-10/h7-10H,2-6,19H2,1H3. The van der Waals surface area contributed by atoms with Crippen molar-refractivity contribution in [3.8, 4) is 11.3 Å². The molecule has 0 bridgehead atoms. The number of benzene rings is 1. The summed E-state index contributed by atoms with van der Waals surface area (Å²) in [4.78, 5) is 4.65. The van der Waals surface area contributed by atoms with Crippen molar-refractivity contribution in [3.05, 3.63) is 34.9 Å². The van der Waals surface area contributed by atoms with Gasteiger partial charge in [0.1, 0.15) is 23.2 Å². The molecule has 2 aromatic rings. The summed E-state index contributed by atoms with van der Waals surface area (Å²) in [6.45, 7) is 0. The molecule has 1 aliphatic rings. The van der Waals surface area contributed by atoms with Gasteiger partial charge < -0.3 is 10.3 Å². The molecule has 1 aromatic carbocycles. The molecular weight excluding hydrogens is 289 g/mol. The van der Waals surface area contributed by atoms with Crippen molar-refractivity contribution in [1.82, 2.24) is 9.55 Å². The lowest BCUT2D eigenvalue weighted by Crippen LogP contribution is -2.11. The number of hydrogen-bond donors (Lipinski definition) is 1. The third-order valence-electron chi connectivity index (χ3n) is 4.33. The minimum atomic E-state index is -0.387. The third kappa shape index (κ3) is 2.64. The van der Waals surface area contributed by atoms with Crippen LogP contribution in [0.2, 0.25) is 5.02 Å². The van der Waals surface area contributed by atoms with Gasteiger partial charge in [-0.05, 0) is 31.0 Å². The second kappa shape index (κ2) is 5.68. The number of aromatic nitrogens is 2. The van der Waals surface area contributed by atoms with Crippen molar-refractivity contribution in [3.63, 3.8) is 0 Å². The minimum Gasteiger partial charge on any atom is -0.383 e. The summed E-state index contributed by atoms with van der Waals surface area (Å²) in [6, 6.07) is 4.60. The number of nitrogen functional groups attached to an aromatic ring is 1. The first-order chi connectivity index (χ1) is 10.1. The molecule has 0 unspecified atom stereocenters. The number of anilines is 1. The average molecular weight is 308 g/mol. The van der Waals surface area contributed by atoms with Gasteiger partial charge in [-0.3, -0.25) is 0 Å². The van der Waals surface area contributed by atoms with Gasteiger partial charge in [-0.1, -0.05) is 30.9 Å². The zero-order chi connectivity index (χ0) is 15.0. The van der Waals surface area contributed by atoms with Gasteiger partial charge in [0.15, 0.2) is 0 Å². The molecule has 2 N–H and O–H groups in total. The Morgan fingerprint density at radius 1 is 1.29 bits per heavy atom. The fourth-order valence-corrected chi connectivity index (χ4v) is 3.29. The van der Waals surface area contributed by atoms with E-state index in [2.05, 4.69) is 4.98 Å². The van der Waals surface area contributed by atoms with Gasteiger partial charge in [0, 0.05) is 23.6 Å². The summed E-state index contributed by atoms with van der Waals surface area (Å²) in [5.74, 6) is 1.52. The quantitative estimate of drug-likeness (QED) is 0.887. The summed E-state index contributed by atoms with van der Waals surface area (Å²) in [6.07, 6.45) is 6.00. The van der Waals surface area contributed by atoms with Crippen LogP contribution < -0.4 is 5.73 Å². The highest BCUT2D eigenvalue weighted by Gasteiger charge is 2.24. The molecule has 1 aliphatic carbocycles. The minimum absolute atomic E-state index is 0.373. The Morgan fingerprint density at radius 3 is 2.67 bits per heavy atom. The average Bonchev–Trinajstić information content (AvgIpc) is 2.77. The maximum absolute atomic E-state index is 14.1. The maximum Gasteiger partial charge on any atom is 0.134 e. The van der Waals surface area contributed by atoms with Crippen LogP contribution in [-0.2, 0) is 7.05 Å². The van der Waals surface area contributed by atoms with Crippen molar-refractivity contribution in [2.45, 2.75) is 38.0 Å². The van der Waals surface area contributed by atoms with E-state index in [-0.39, 0.29) is 5.82 Å². The summed E-state index contributed by atoms with van der Waals surface area (Å²) in [7, 11) is 1.91. The molecule has 21 heavy (non-hydrogen) atoms. The van der Waals surface area contributed by atoms with Crippen LogP contribution in [0.15, 0.2) is 18.2 Å². The topological polar surface area (TPSA) is 43.8 Å². The molecule has 1 aromatic heterocycles. The fraction of sp³-hybridized carbons (Fsp3) is 0.438. The number of nitrogens with two attached hydrogens (primary N) is 1. The lowest BCUT2D eigenvalue weighted by atomic mass is 9.89. The molecule has 3 rings (SSSR count). The predicted octanol–water partition coefficient (Wildman–Crippen LogP) is 4.51. The molecular formula is C16H19ClFN3. The molecule has 0 amide bonds. The SMILES string of the molecule is Cn1c(C2CCCCC2)nc(-c2ccc(Cl)cc2F)c1N. The van der Waals surface area contributed by atoms with Gasteiger partial charge in [-0.2, -0.15) is 0 Å². The molecule has 5 heteroatoms. The van der Waals surface area contributed by atoms with Gasteiger partial charge in [0.2, 0.25) is 0 Å². The highest BCUT2D eigenvalue weighted by Crippen LogP contribution is 2.36. The Balaban J connectivity index is 2.03. The number of halogens is 2. The molecule has 0 saturated heterocycles. The zero-order valence-electron chi connectivity index (χ0n) is 12.1. The second-order valence-electron chi connectivity index (χ2n) is 5.72. The van der Waals surface area contributed by atoms with Crippen molar-refractivity contribution in [2.24, 2.45) is 7.05 Å². The maximum atomic E-state index is 14.1. The molecule has 0 atom stereocenters. The molecule has 0 aliphatic heterocycles. The van der Waals surface area contributed by atoms with E-state index in [9.17, 15) is 4.39 Å². The molecule has 112 valence electrons. The van der Waals surface area contributed by atoms with Crippen molar-refractivity contribution in [1.29, 1.82) is 0 Å². The van der Waals surface area contributed by atoms with E-state index in [0.717, 1.165) is 18.7 Å². The first-order valence-corrected chi connectivity index (χ1v) is 7.73. The van der Waals surface area contributed by atoms with E-state index < -0.39 is 0 Å². The number of hydrogen-bond acceptors (Lipinski definition) is 2. The molecule has 0 spiro atoms. The van der Waals surface area contributed by atoms with E-state index in [4.69, 9.17) is 17.3 Å². The third-order valence-corrected chi connectivity index (χ3v) is 4.57. The highest BCUT2D eigenvalue weighted by atomic mass is 35.5. The number of rotatable bonds is 2. The molecule has 1 saturated carbocycles. The first-order valence-electron chi connectivity index (χ1n) is 7.35. The van der Waals surface area contributed by atoms with E-state index in [1.807, 2.05) is 11.6 Å². The highest BCUT2D eigenvalue weighted by molar-refractivity contribution is 6.30. The van der Waals surface area contributed by atoms with Gasteiger partial charge in [0.05, 0.1) is 0 Å². The van der Waals surface area contributed by atoms with Crippen LogP contribution in [0, 0.1) is 5.82 Å². The predicted molar refractivity (Wildman–Crippen MR) is 83.9 cm³/mol. The van der Waals surface area contributed by atoms with Crippen LogP contribution in [0.3, 0.4) is 0 Å². The summed E-state index contributed by atoms with van der Waals surface area (Å²) in [5, 5.41) is 0.373. The normalized spacial score (nSPS) is 16.3. The van der Waals surface area contributed by atoms with E-state index >= 15 is 0 Å². The molecule has 0 radical (unpaired) electrons. The Hall–Kier alpha value is -1.55. The number of imidazole rings is 1. The van der Waals surface area contributed by atoms with Crippen LogP contribution >= 0.6 is 11.6 Å². The zero-order valence-corrected chi connectivity index (χ0v) is 12.8.